The molecule has 1 amide bonds. The zero-order valence-corrected chi connectivity index (χ0v) is 12.8. The molecule has 0 saturated heterocycles. The first kappa shape index (κ1) is 16.0. The predicted molar refractivity (Wildman–Crippen MR) is 81.3 cm³/mol. The summed E-state index contributed by atoms with van der Waals surface area (Å²) in [4.78, 5) is 12.1. The monoisotopic (exact) mass is 337 g/mol. The van der Waals surface area contributed by atoms with Crippen LogP contribution in [0.4, 0.5) is 13.2 Å². The van der Waals surface area contributed by atoms with Gasteiger partial charge in [0.05, 0.1) is 11.7 Å². The second-order valence-electron chi connectivity index (χ2n) is 5.47. The Hall–Kier alpha value is -2.84. The molecule has 0 bridgehead atoms. The molecule has 0 aliphatic heterocycles. The van der Waals surface area contributed by atoms with E-state index < -0.39 is 18.1 Å². The zero-order valence-electron chi connectivity index (χ0n) is 12.8. The molecule has 24 heavy (non-hydrogen) atoms. The average Bonchev–Trinajstić information content (AvgIpc) is 3.11. The Labute approximate surface area is 134 Å². The number of aromatic nitrogens is 4. The number of aryl methyl sites for hydroxylation is 1. The number of carbonyl (C=O) groups excluding carboxylic acids is 1. The lowest BCUT2D eigenvalue weighted by Crippen LogP contribution is -2.43. The topological polar surface area (TPSA) is 75.6 Å². The molecule has 2 heterocycles. The maximum absolute atomic E-state index is 12.6. The molecule has 0 aliphatic carbocycles. The molecule has 3 aromatic rings. The summed E-state index contributed by atoms with van der Waals surface area (Å²) in [5.41, 5.74) is 2.10. The SMILES string of the molecule is CC(NC(=O)c1n[nH]c2ccc(-c3cnn(C)c3)cc12)C(F)(F)F. The number of carbonyl (C=O) groups is 1. The molecular formula is C15H14F3N5O. The van der Waals surface area contributed by atoms with Crippen LogP contribution in [0, 0.1) is 0 Å². The lowest BCUT2D eigenvalue weighted by molar-refractivity contribution is -0.149. The van der Waals surface area contributed by atoms with Gasteiger partial charge < -0.3 is 5.32 Å². The first-order chi connectivity index (χ1) is 11.3. The Morgan fingerprint density at radius 1 is 1.33 bits per heavy atom. The van der Waals surface area contributed by atoms with Crippen LogP contribution in [-0.4, -0.2) is 38.1 Å². The van der Waals surface area contributed by atoms with Crippen molar-refractivity contribution in [1.82, 2.24) is 25.3 Å². The van der Waals surface area contributed by atoms with E-state index in [1.807, 2.05) is 11.4 Å². The van der Waals surface area contributed by atoms with Crippen molar-refractivity contribution >= 4 is 16.8 Å². The van der Waals surface area contributed by atoms with Gasteiger partial charge in [0, 0.05) is 24.2 Å². The van der Waals surface area contributed by atoms with E-state index in [0.717, 1.165) is 18.1 Å². The number of benzene rings is 1. The molecule has 0 saturated carbocycles. The quantitative estimate of drug-likeness (QED) is 0.771. The standard InChI is InChI=1S/C15H14F3N5O/c1-8(15(16,17)18)20-14(24)13-11-5-9(3-4-12(11)21-22-13)10-6-19-23(2)7-10/h3-8H,1-2H3,(H,20,24)(H,21,22). The van der Waals surface area contributed by atoms with E-state index in [1.54, 1.807) is 36.3 Å². The van der Waals surface area contributed by atoms with Crippen LogP contribution in [0.2, 0.25) is 0 Å². The van der Waals surface area contributed by atoms with Crippen molar-refractivity contribution in [2.75, 3.05) is 0 Å². The number of halogens is 3. The number of hydrogen-bond acceptors (Lipinski definition) is 3. The summed E-state index contributed by atoms with van der Waals surface area (Å²) in [5.74, 6) is -0.880. The minimum absolute atomic E-state index is 0.0770. The van der Waals surface area contributed by atoms with E-state index in [0.29, 0.717) is 10.9 Å². The van der Waals surface area contributed by atoms with Gasteiger partial charge in [-0.15, -0.1) is 0 Å². The van der Waals surface area contributed by atoms with Gasteiger partial charge in [-0.25, -0.2) is 0 Å². The van der Waals surface area contributed by atoms with Gasteiger partial charge in [0.25, 0.3) is 5.91 Å². The summed E-state index contributed by atoms with van der Waals surface area (Å²) < 4.78 is 39.4. The van der Waals surface area contributed by atoms with Crippen LogP contribution >= 0.6 is 0 Å². The van der Waals surface area contributed by atoms with Gasteiger partial charge in [-0.2, -0.15) is 23.4 Å². The van der Waals surface area contributed by atoms with Crippen molar-refractivity contribution in [3.63, 3.8) is 0 Å². The first-order valence-electron chi connectivity index (χ1n) is 7.10. The van der Waals surface area contributed by atoms with E-state index in [1.165, 1.54) is 0 Å². The fourth-order valence-electron chi connectivity index (χ4n) is 2.28. The van der Waals surface area contributed by atoms with E-state index in [4.69, 9.17) is 0 Å². The Morgan fingerprint density at radius 3 is 2.71 bits per heavy atom. The number of H-pyrrole nitrogens is 1. The molecule has 9 heteroatoms. The fraction of sp³-hybridized carbons (Fsp3) is 0.267. The van der Waals surface area contributed by atoms with Crippen molar-refractivity contribution < 1.29 is 18.0 Å². The van der Waals surface area contributed by atoms with Crippen molar-refractivity contribution in [3.8, 4) is 11.1 Å². The van der Waals surface area contributed by atoms with E-state index >= 15 is 0 Å². The molecule has 126 valence electrons. The van der Waals surface area contributed by atoms with Gasteiger partial charge in [-0.05, 0) is 24.6 Å². The Balaban J connectivity index is 1.95. The highest BCUT2D eigenvalue weighted by Crippen LogP contribution is 2.26. The minimum Gasteiger partial charge on any atom is -0.339 e. The van der Waals surface area contributed by atoms with Crippen molar-refractivity contribution in [3.05, 3.63) is 36.3 Å². The molecule has 1 atom stereocenters. The van der Waals surface area contributed by atoms with Crippen LogP contribution < -0.4 is 5.32 Å². The van der Waals surface area contributed by atoms with E-state index in [9.17, 15) is 18.0 Å². The van der Waals surface area contributed by atoms with Crippen LogP contribution in [0.1, 0.15) is 17.4 Å². The summed E-state index contributed by atoms with van der Waals surface area (Å²) in [5, 5.41) is 12.9. The smallest absolute Gasteiger partial charge is 0.339 e. The zero-order chi connectivity index (χ0) is 17.5. The van der Waals surface area contributed by atoms with Gasteiger partial charge in [0.2, 0.25) is 0 Å². The molecule has 1 unspecified atom stereocenters. The highest BCUT2D eigenvalue weighted by molar-refractivity contribution is 6.05. The maximum Gasteiger partial charge on any atom is 0.408 e. The average molecular weight is 337 g/mol. The number of hydrogen-bond donors (Lipinski definition) is 2. The minimum atomic E-state index is -4.51. The van der Waals surface area contributed by atoms with Crippen molar-refractivity contribution in [1.29, 1.82) is 0 Å². The number of fused-ring (bicyclic) bond motifs is 1. The van der Waals surface area contributed by atoms with Gasteiger partial charge in [-0.3, -0.25) is 14.6 Å². The molecule has 0 radical (unpaired) electrons. The molecule has 2 N–H and O–H groups in total. The number of alkyl halides is 3. The third-order valence-electron chi connectivity index (χ3n) is 3.65. The van der Waals surface area contributed by atoms with Gasteiger partial charge in [-0.1, -0.05) is 6.07 Å². The number of rotatable bonds is 3. The second-order valence-corrected chi connectivity index (χ2v) is 5.47. The largest absolute Gasteiger partial charge is 0.408 e. The molecule has 0 fully saturated rings. The lowest BCUT2D eigenvalue weighted by atomic mass is 10.1. The molecular weight excluding hydrogens is 323 g/mol. The van der Waals surface area contributed by atoms with Crippen LogP contribution in [0.15, 0.2) is 30.6 Å². The lowest BCUT2D eigenvalue weighted by Gasteiger charge is -2.16. The molecule has 0 spiro atoms. The maximum atomic E-state index is 12.6. The molecule has 6 nitrogen and oxygen atoms in total. The summed E-state index contributed by atoms with van der Waals surface area (Å²) in [6.45, 7) is 0.883. The van der Waals surface area contributed by atoms with Gasteiger partial charge in [0.1, 0.15) is 6.04 Å². The number of nitrogens with zero attached hydrogens (tertiary/aromatic N) is 3. The van der Waals surface area contributed by atoms with Crippen molar-refractivity contribution in [2.45, 2.75) is 19.1 Å². The van der Waals surface area contributed by atoms with Gasteiger partial charge >= 0.3 is 6.18 Å². The number of amides is 1. The number of aromatic amines is 1. The third kappa shape index (κ3) is 2.97. The summed E-state index contributed by atoms with van der Waals surface area (Å²) in [6.07, 6.45) is -1.05. The summed E-state index contributed by atoms with van der Waals surface area (Å²) >= 11 is 0. The van der Waals surface area contributed by atoms with E-state index in [-0.39, 0.29) is 5.69 Å². The third-order valence-corrected chi connectivity index (χ3v) is 3.65. The number of nitrogens with one attached hydrogen (secondary N) is 2. The predicted octanol–water partition coefficient (Wildman–Crippen LogP) is 2.64. The second kappa shape index (κ2) is 5.66. The van der Waals surface area contributed by atoms with Crippen LogP contribution in [0.3, 0.4) is 0 Å². The van der Waals surface area contributed by atoms with E-state index in [2.05, 4.69) is 15.3 Å². The van der Waals surface area contributed by atoms with Crippen LogP contribution in [0.25, 0.3) is 22.0 Å². The molecule has 0 aliphatic rings. The first-order valence-corrected chi connectivity index (χ1v) is 7.10. The van der Waals surface area contributed by atoms with Crippen LogP contribution in [0.5, 0.6) is 0 Å². The molecule has 3 rings (SSSR count). The summed E-state index contributed by atoms with van der Waals surface area (Å²) in [6, 6.07) is 3.27. The molecule has 2 aromatic heterocycles. The fourth-order valence-corrected chi connectivity index (χ4v) is 2.28. The van der Waals surface area contributed by atoms with Crippen LogP contribution in [-0.2, 0) is 7.05 Å². The normalized spacial score (nSPS) is 13.2. The van der Waals surface area contributed by atoms with Gasteiger partial charge in [0.15, 0.2) is 5.69 Å². The Morgan fingerprint density at radius 2 is 2.08 bits per heavy atom. The molecule has 1 aromatic carbocycles. The summed E-state index contributed by atoms with van der Waals surface area (Å²) in [7, 11) is 1.78. The highest BCUT2D eigenvalue weighted by atomic mass is 19.4. The Kier molecular flexibility index (Phi) is 3.78. The Bertz CT molecular complexity index is 896. The van der Waals surface area contributed by atoms with Crippen molar-refractivity contribution in [2.24, 2.45) is 7.05 Å². The highest BCUT2D eigenvalue weighted by Gasteiger charge is 2.37.